The molecule has 8 heteroatoms. The number of carbonyl (C=O) groups excluding carboxylic acids is 1. The van der Waals surface area contributed by atoms with Gasteiger partial charge in [-0.05, 0) is 72.7 Å². The fourth-order valence-corrected chi connectivity index (χ4v) is 5.63. The minimum atomic E-state index is -1.35. The van der Waals surface area contributed by atoms with Crippen molar-refractivity contribution in [2.45, 2.75) is 57.7 Å². The minimum Gasteiger partial charge on any atom is -0.399 e. The average Bonchev–Trinajstić information content (AvgIpc) is 3.42. The zero-order valence-electron chi connectivity index (χ0n) is 21.7. The van der Waals surface area contributed by atoms with Gasteiger partial charge < -0.3 is 10.5 Å². The van der Waals surface area contributed by atoms with Crippen LogP contribution < -0.4 is 10.6 Å². The Morgan fingerprint density at radius 2 is 1.89 bits per heavy atom. The molecule has 0 radical (unpaired) electrons. The van der Waals surface area contributed by atoms with Crippen molar-refractivity contribution in [1.82, 2.24) is 9.55 Å². The number of nitrogens with two attached hydrogens (primary N) is 1. The van der Waals surface area contributed by atoms with Crippen molar-refractivity contribution >= 4 is 30.9 Å². The largest absolute Gasteiger partial charge is 0.399 e. The van der Waals surface area contributed by atoms with Crippen LogP contribution in [0.1, 0.15) is 53.9 Å². The number of allylic oxidation sites excluding steroid dienone is 2. The molecule has 2 aromatic carbocycles. The normalized spacial score (nSPS) is 17.5. The Kier molecular flexibility index (Phi) is 6.76. The Balaban J connectivity index is 1.59. The van der Waals surface area contributed by atoms with Gasteiger partial charge in [0.15, 0.2) is 5.69 Å². The maximum Gasteiger partial charge on any atom is 0.298 e. The van der Waals surface area contributed by atoms with Crippen LogP contribution in [0.3, 0.4) is 0 Å². The maximum atomic E-state index is 13.8. The third-order valence-corrected chi connectivity index (χ3v) is 8.68. The van der Waals surface area contributed by atoms with Crippen LogP contribution >= 0.6 is 0 Å². The number of nitriles is 1. The van der Waals surface area contributed by atoms with Gasteiger partial charge in [0.2, 0.25) is 12.2 Å². The summed E-state index contributed by atoms with van der Waals surface area (Å²) < 4.78 is 8.10. The second kappa shape index (κ2) is 10.00. The topological polar surface area (TPSA) is 97.2 Å². The molecule has 1 aliphatic carbocycles. The van der Waals surface area contributed by atoms with Gasteiger partial charge in [-0.3, -0.25) is 14.3 Å². The highest BCUT2D eigenvalue weighted by Crippen LogP contribution is 2.41. The van der Waals surface area contributed by atoms with Crippen molar-refractivity contribution in [3.63, 3.8) is 0 Å². The third-order valence-electron chi connectivity index (χ3n) is 6.97. The number of fused-ring (bicyclic) bond motifs is 1. The minimum absolute atomic E-state index is 0.218. The Morgan fingerprint density at radius 1 is 1.14 bits per heavy atom. The smallest absolute Gasteiger partial charge is 0.298 e. The molecule has 2 aliphatic rings. The van der Waals surface area contributed by atoms with Crippen LogP contribution in [0.5, 0.6) is 0 Å². The first-order valence-electron chi connectivity index (χ1n) is 12.9. The first kappa shape index (κ1) is 25.0. The molecule has 5 rings (SSSR count). The number of hydrogen-bond acceptors (Lipinski definition) is 5. The summed E-state index contributed by atoms with van der Waals surface area (Å²) in [6.45, 7) is 7.43. The fourth-order valence-electron chi connectivity index (χ4n) is 4.90. The summed E-state index contributed by atoms with van der Waals surface area (Å²) in [4.78, 5) is 19.8. The first-order valence-corrected chi connectivity index (χ1v) is 16.6. The molecule has 2 N–H and O–H groups in total. The van der Waals surface area contributed by atoms with Gasteiger partial charge in [-0.15, -0.1) is 0 Å². The van der Waals surface area contributed by atoms with E-state index in [0.717, 1.165) is 53.4 Å². The Labute approximate surface area is 219 Å². The Hall–Kier alpha value is -3.67. The Morgan fingerprint density at radius 3 is 2.57 bits per heavy atom. The van der Waals surface area contributed by atoms with Crippen LogP contribution in [0, 0.1) is 11.3 Å². The van der Waals surface area contributed by atoms with Crippen LogP contribution in [0.2, 0.25) is 25.7 Å². The standard InChI is InChI=1S/C29H33N5O2Si/c1-37(2,3)16-15-36-29-33-19-24(18-30)32-27(33)28(35)34(29)26-14-11-22(20-9-12-23(31)13-10-20)17-25(26)21-7-5-4-6-8-21/h7,9-14,17,19,29H,4-6,8,15-16,31H2,1-3H3. The lowest BCUT2D eigenvalue weighted by Gasteiger charge is -2.29. The molecule has 1 aliphatic heterocycles. The maximum absolute atomic E-state index is 13.8. The summed E-state index contributed by atoms with van der Waals surface area (Å²) in [5.74, 6) is -0.0156. The first-order chi connectivity index (χ1) is 17.7. The third kappa shape index (κ3) is 5.10. The molecule has 0 saturated carbocycles. The van der Waals surface area contributed by atoms with E-state index in [1.807, 2.05) is 36.4 Å². The lowest BCUT2D eigenvalue weighted by Crippen LogP contribution is -2.33. The van der Waals surface area contributed by atoms with Crippen molar-refractivity contribution in [2.75, 3.05) is 17.2 Å². The van der Waals surface area contributed by atoms with E-state index < -0.39 is 14.4 Å². The summed E-state index contributed by atoms with van der Waals surface area (Å²) in [5, 5.41) is 9.40. The molecule has 37 heavy (non-hydrogen) atoms. The highest BCUT2D eigenvalue weighted by molar-refractivity contribution is 6.76. The zero-order valence-corrected chi connectivity index (χ0v) is 22.7. The lowest BCUT2D eigenvalue weighted by molar-refractivity contribution is 0.0186. The molecule has 1 aromatic heterocycles. The molecule has 1 amide bonds. The second-order valence-corrected chi connectivity index (χ2v) is 16.6. The Bertz CT molecular complexity index is 1400. The molecule has 1 atom stereocenters. The molecular weight excluding hydrogens is 478 g/mol. The molecule has 0 saturated heterocycles. The molecule has 7 nitrogen and oxygen atoms in total. The van der Waals surface area contributed by atoms with E-state index in [-0.39, 0.29) is 17.4 Å². The number of rotatable bonds is 7. The van der Waals surface area contributed by atoms with Crippen molar-refractivity contribution in [3.05, 3.63) is 71.8 Å². The SMILES string of the molecule is C[Si](C)(C)CCOC1N(c2ccc(-c3ccc(N)cc3)cc2C2=CCCCC2)C(=O)c2nc(C#N)cn21. The van der Waals surface area contributed by atoms with E-state index in [1.54, 1.807) is 15.7 Å². The second-order valence-electron chi connectivity index (χ2n) is 11.0. The van der Waals surface area contributed by atoms with Gasteiger partial charge in [-0.1, -0.05) is 43.9 Å². The van der Waals surface area contributed by atoms with E-state index in [9.17, 15) is 10.1 Å². The van der Waals surface area contributed by atoms with Crippen molar-refractivity contribution in [2.24, 2.45) is 0 Å². The van der Waals surface area contributed by atoms with Gasteiger partial charge >= 0.3 is 0 Å². The van der Waals surface area contributed by atoms with Crippen molar-refractivity contribution in [3.8, 4) is 17.2 Å². The summed E-state index contributed by atoms with van der Waals surface area (Å²) in [5.41, 5.74) is 12.1. The van der Waals surface area contributed by atoms with Gasteiger partial charge in [0.05, 0.1) is 5.69 Å². The van der Waals surface area contributed by atoms with Crippen LogP contribution in [-0.2, 0) is 4.74 Å². The lowest BCUT2D eigenvalue weighted by atomic mass is 9.90. The van der Waals surface area contributed by atoms with Crippen LogP contribution in [0.15, 0.2) is 54.7 Å². The summed E-state index contributed by atoms with van der Waals surface area (Å²) >= 11 is 0. The highest BCUT2D eigenvalue weighted by atomic mass is 28.3. The van der Waals surface area contributed by atoms with Crippen molar-refractivity contribution in [1.29, 1.82) is 5.26 Å². The van der Waals surface area contributed by atoms with Gasteiger partial charge in [0, 0.05) is 32.1 Å². The predicted molar refractivity (Wildman–Crippen MR) is 150 cm³/mol. The van der Waals surface area contributed by atoms with Crippen LogP contribution in [-0.4, -0.2) is 30.1 Å². The van der Waals surface area contributed by atoms with Gasteiger partial charge in [-0.2, -0.15) is 5.26 Å². The molecule has 1 unspecified atom stereocenters. The fraction of sp³-hybridized carbons (Fsp3) is 0.345. The summed E-state index contributed by atoms with van der Waals surface area (Å²) in [6.07, 6.45) is 7.52. The average molecular weight is 512 g/mol. The number of aromatic nitrogens is 2. The van der Waals surface area contributed by atoms with E-state index in [1.165, 1.54) is 12.0 Å². The summed E-state index contributed by atoms with van der Waals surface area (Å²) in [7, 11) is -1.35. The predicted octanol–water partition coefficient (Wildman–Crippen LogP) is 6.43. The molecular formula is C29H33N5O2Si. The zero-order chi connectivity index (χ0) is 26.2. The van der Waals surface area contributed by atoms with Crippen LogP contribution in [0.25, 0.3) is 16.7 Å². The molecule has 0 spiro atoms. The number of imidazole rings is 1. The van der Waals surface area contributed by atoms with Crippen LogP contribution in [0.4, 0.5) is 11.4 Å². The number of anilines is 2. The van der Waals surface area contributed by atoms with E-state index in [4.69, 9.17) is 10.5 Å². The monoisotopic (exact) mass is 511 g/mol. The molecule has 2 heterocycles. The number of hydrogen-bond donors (Lipinski definition) is 1. The number of ether oxygens (including phenoxy) is 1. The highest BCUT2D eigenvalue weighted by Gasteiger charge is 2.41. The molecule has 0 bridgehead atoms. The van der Waals surface area contributed by atoms with E-state index in [2.05, 4.69) is 42.8 Å². The number of benzene rings is 2. The van der Waals surface area contributed by atoms with E-state index >= 15 is 0 Å². The van der Waals surface area contributed by atoms with Gasteiger partial charge in [-0.25, -0.2) is 4.98 Å². The van der Waals surface area contributed by atoms with Gasteiger partial charge in [0.1, 0.15) is 6.07 Å². The number of amides is 1. The number of carbonyl (C=O) groups is 1. The summed E-state index contributed by atoms with van der Waals surface area (Å²) in [6, 6.07) is 17.1. The molecule has 190 valence electrons. The quantitative estimate of drug-likeness (QED) is 0.291. The van der Waals surface area contributed by atoms with Gasteiger partial charge in [0.25, 0.3) is 5.91 Å². The number of nitrogens with zero attached hydrogens (tertiary/aromatic N) is 4. The molecule has 3 aromatic rings. The van der Waals surface area contributed by atoms with E-state index in [0.29, 0.717) is 6.61 Å². The number of nitrogen functional groups attached to an aromatic ring is 1. The van der Waals surface area contributed by atoms with Crippen molar-refractivity contribution < 1.29 is 9.53 Å². The molecule has 0 fully saturated rings.